The van der Waals surface area contributed by atoms with Crippen LogP contribution in [0.5, 0.6) is 5.75 Å². The van der Waals surface area contributed by atoms with Gasteiger partial charge >= 0.3 is 0 Å². The average molecular weight is 299 g/mol. The summed E-state index contributed by atoms with van der Waals surface area (Å²) in [6.07, 6.45) is 11.1. The zero-order valence-corrected chi connectivity index (χ0v) is 14.1. The first-order valence-electron chi connectivity index (χ1n) is 9.12. The first-order chi connectivity index (χ1) is 10.6. The predicted octanol–water partition coefficient (Wildman–Crippen LogP) is 4.59. The lowest BCUT2D eigenvalue weighted by Gasteiger charge is -2.41. The van der Waals surface area contributed by atoms with Crippen LogP contribution in [0.2, 0.25) is 0 Å². The maximum Gasteiger partial charge on any atom is 0.118 e. The average Bonchev–Trinajstić information content (AvgIpc) is 3.06. The Morgan fingerprint density at radius 2 is 1.95 bits per heavy atom. The van der Waals surface area contributed by atoms with Gasteiger partial charge in [-0.1, -0.05) is 31.7 Å². The van der Waals surface area contributed by atoms with Gasteiger partial charge in [0.15, 0.2) is 0 Å². The fraction of sp³-hybridized carbons (Fsp3) is 0.700. The third-order valence-corrected chi connectivity index (χ3v) is 6.57. The van der Waals surface area contributed by atoms with E-state index in [0.717, 1.165) is 24.4 Å². The van der Waals surface area contributed by atoms with Gasteiger partial charge in [0.2, 0.25) is 0 Å². The normalized spacial score (nSPS) is 27.8. The molecule has 1 atom stereocenters. The van der Waals surface area contributed by atoms with E-state index in [2.05, 4.69) is 24.1 Å². The summed E-state index contributed by atoms with van der Waals surface area (Å²) in [7, 11) is 2.29. The van der Waals surface area contributed by atoms with E-state index in [1.807, 2.05) is 6.92 Å². The first-order valence-corrected chi connectivity index (χ1v) is 9.12. The highest BCUT2D eigenvalue weighted by molar-refractivity contribution is 5.45. The Morgan fingerprint density at radius 3 is 2.64 bits per heavy atom. The number of phenols is 1. The number of aryl methyl sites for hydroxylation is 1. The molecule has 2 fully saturated rings. The summed E-state index contributed by atoms with van der Waals surface area (Å²) in [4.78, 5) is 2.57. The van der Waals surface area contributed by atoms with Crippen molar-refractivity contribution >= 4 is 0 Å². The van der Waals surface area contributed by atoms with Crippen LogP contribution < -0.4 is 0 Å². The molecule has 1 aliphatic heterocycles. The van der Waals surface area contributed by atoms with Crippen molar-refractivity contribution in [3.05, 3.63) is 28.8 Å². The lowest BCUT2D eigenvalue weighted by atomic mass is 9.77. The fourth-order valence-electron chi connectivity index (χ4n) is 5.24. The number of hydrogen-bond acceptors (Lipinski definition) is 2. The maximum atomic E-state index is 10.2. The quantitative estimate of drug-likeness (QED) is 0.882. The van der Waals surface area contributed by atoms with Gasteiger partial charge in [-0.15, -0.1) is 0 Å². The summed E-state index contributed by atoms with van der Waals surface area (Å²) in [6.45, 7) is 3.18. The van der Waals surface area contributed by atoms with Gasteiger partial charge in [-0.3, -0.25) is 4.90 Å². The van der Waals surface area contributed by atoms with Gasteiger partial charge in [-0.25, -0.2) is 0 Å². The molecule has 2 saturated carbocycles. The van der Waals surface area contributed by atoms with E-state index < -0.39 is 0 Å². The van der Waals surface area contributed by atoms with E-state index in [4.69, 9.17) is 0 Å². The Bertz CT molecular complexity index is 569. The standard InChI is InChI=1S/C20H29NO/c1-14-11-16-7-10-21(2)19(17(16)12-18(14)22)20(8-9-20)13-15-5-3-4-6-15/h11-12,15,19,22H,3-10,13H2,1-2H3. The molecule has 0 bridgehead atoms. The number of benzene rings is 1. The van der Waals surface area contributed by atoms with E-state index in [9.17, 15) is 5.11 Å². The molecule has 4 rings (SSSR count). The summed E-state index contributed by atoms with van der Waals surface area (Å²) in [5.41, 5.74) is 4.44. The highest BCUT2D eigenvalue weighted by Crippen LogP contribution is 2.63. The number of aromatic hydroxyl groups is 1. The second-order valence-corrected chi connectivity index (χ2v) is 8.19. The van der Waals surface area contributed by atoms with E-state index in [1.165, 1.54) is 56.1 Å². The second-order valence-electron chi connectivity index (χ2n) is 8.19. The monoisotopic (exact) mass is 299 g/mol. The number of hydrogen-bond donors (Lipinski definition) is 1. The predicted molar refractivity (Wildman–Crippen MR) is 90.2 cm³/mol. The first kappa shape index (κ1) is 14.6. The summed E-state index contributed by atoms with van der Waals surface area (Å²) in [5, 5.41) is 10.2. The molecule has 2 aliphatic carbocycles. The van der Waals surface area contributed by atoms with Crippen LogP contribution in [-0.4, -0.2) is 23.6 Å². The molecule has 0 radical (unpaired) electrons. The highest BCUT2D eigenvalue weighted by Gasteiger charge is 2.53. The number of fused-ring (bicyclic) bond motifs is 1. The summed E-state index contributed by atoms with van der Waals surface area (Å²) < 4.78 is 0. The van der Waals surface area contributed by atoms with Gasteiger partial charge in [0.25, 0.3) is 0 Å². The largest absolute Gasteiger partial charge is 0.508 e. The Kier molecular flexibility index (Phi) is 3.48. The topological polar surface area (TPSA) is 23.5 Å². The number of phenolic OH excluding ortho intramolecular Hbond substituents is 1. The van der Waals surface area contributed by atoms with Crippen LogP contribution in [0, 0.1) is 18.3 Å². The van der Waals surface area contributed by atoms with E-state index >= 15 is 0 Å². The molecule has 0 aromatic heterocycles. The van der Waals surface area contributed by atoms with Crippen LogP contribution in [0.4, 0.5) is 0 Å². The molecule has 22 heavy (non-hydrogen) atoms. The van der Waals surface area contributed by atoms with Gasteiger partial charge in [-0.2, -0.15) is 0 Å². The molecule has 2 nitrogen and oxygen atoms in total. The van der Waals surface area contributed by atoms with Crippen molar-refractivity contribution in [2.45, 2.75) is 64.3 Å². The van der Waals surface area contributed by atoms with Gasteiger partial charge in [0.05, 0.1) is 0 Å². The molecule has 0 saturated heterocycles. The Morgan fingerprint density at radius 1 is 1.23 bits per heavy atom. The SMILES string of the molecule is Cc1cc2c(cc1O)C(C1(CC3CCCC3)CC1)N(C)CC2. The van der Waals surface area contributed by atoms with Gasteiger partial charge in [0.1, 0.15) is 5.75 Å². The minimum Gasteiger partial charge on any atom is -0.508 e. The van der Waals surface area contributed by atoms with Gasteiger partial charge < -0.3 is 5.11 Å². The van der Waals surface area contributed by atoms with Crippen LogP contribution in [0.15, 0.2) is 12.1 Å². The molecular weight excluding hydrogens is 270 g/mol. The molecule has 1 aromatic carbocycles. The fourth-order valence-corrected chi connectivity index (χ4v) is 5.24. The molecule has 3 aliphatic rings. The molecule has 120 valence electrons. The van der Waals surface area contributed by atoms with Crippen molar-refractivity contribution < 1.29 is 5.11 Å². The molecule has 0 spiro atoms. The summed E-state index contributed by atoms with van der Waals surface area (Å²) in [6, 6.07) is 4.85. The molecule has 1 heterocycles. The second kappa shape index (κ2) is 5.26. The van der Waals surface area contributed by atoms with E-state index in [-0.39, 0.29) is 0 Å². The molecular formula is C20H29NO. The minimum absolute atomic E-state index is 0.482. The Balaban J connectivity index is 1.67. The third kappa shape index (κ3) is 2.36. The highest BCUT2D eigenvalue weighted by atomic mass is 16.3. The molecule has 2 heteroatoms. The number of rotatable bonds is 3. The maximum absolute atomic E-state index is 10.2. The van der Waals surface area contributed by atoms with Crippen LogP contribution in [0.3, 0.4) is 0 Å². The Hall–Kier alpha value is -1.02. The minimum atomic E-state index is 0.482. The van der Waals surface area contributed by atoms with Crippen LogP contribution in [0.25, 0.3) is 0 Å². The van der Waals surface area contributed by atoms with Crippen LogP contribution in [0.1, 0.15) is 67.7 Å². The van der Waals surface area contributed by atoms with Crippen molar-refractivity contribution in [2.24, 2.45) is 11.3 Å². The lowest BCUT2D eigenvalue weighted by molar-refractivity contribution is 0.127. The van der Waals surface area contributed by atoms with Crippen molar-refractivity contribution in [3.63, 3.8) is 0 Å². The smallest absolute Gasteiger partial charge is 0.118 e. The Labute approximate surface area is 134 Å². The van der Waals surface area contributed by atoms with Crippen molar-refractivity contribution in [1.29, 1.82) is 0 Å². The van der Waals surface area contributed by atoms with Crippen molar-refractivity contribution in [1.82, 2.24) is 4.90 Å². The summed E-state index contributed by atoms with van der Waals surface area (Å²) in [5.74, 6) is 1.44. The van der Waals surface area contributed by atoms with Gasteiger partial charge in [0, 0.05) is 12.6 Å². The summed E-state index contributed by atoms with van der Waals surface area (Å²) >= 11 is 0. The lowest BCUT2D eigenvalue weighted by Crippen LogP contribution is -2.38. The molecule has 1 aromatic rings. The van der Waals surface area contributed by atoms with Gasteiger partial charge in [-0.05, 0) is 73.7 Å². The molecule has 0 amide bonds. The number of nitrogens with zero attached hydrogens (tertiary/aromatic N) is 1. The van der Waals surface area contributed by atoms with Crippen molar-refractivity contribution in [2.75, 3.05) is 13.6 Å². The van der Waals surface area contributed by atoms with Crippen LogP contribution >= 0.6 is 0 Å². The van der Waals surface area contributed by atoms with Crippen LogP contribution in [-0.2, 0) is 6.42 Å². The van der Waals surface area contributed by atoms with E-state index in [1.54, 1.807) is 0 Å². The number of likely N-dealkylation sites (N-methyl/N-ethyl adjacent to an activating group) is 1. The van der Waals surface area contributed by atoms with E-state index in [0.29, 0.717) is 17.2 Å². The third-order valence-electron chi connectivity index (χ3n) is 6.57. The zero-order valence-electron chi connectivity index (χ0n) is 14.1. The zero-order chi connectivity index (χ0) is 15.3. The molecule has 1 N–H and O–H groups in total. The van der Waals surface area contributed by atoms with Crippen molar-refractivity contribution in [3.8, 4) is 5.75 Å². The molecule has 1 unspecified atom stereocenters.